The van der Waals surface area contributed by atoms with Crippen molar-refractivity contribution in [3.8, 4) is 11.9 Å². The topological polar surface area (TPSA) is 161 Å². The second-order valence-corrected chi connectivity index (χ2v) is 10.5. The average Bonchev–Trinajstić information content (AvgIpc) is 2.98. The van der Waals surface area contributed by atoms with Gasteiger partial charge in [0, 0.05) is 32.9 Å². The van der Waals surface area contributed by atoms with E-state index in [-0.39, 0.29) is 57.0 Å². The van der Waals surface area contributed by atoms with Crippen LogP contribution in [-0.4, -0.2) is 54.0 Å². The zero-order valence-corrected chi connectivity index (χ0v) is 26.2. The van der Waals surface area contributed by atoms with Gasteiger partial charge in [0.05, 0.1) is 42.3 Å². The molecule has 0 aliphatic carbocycles. The van der Waals surface area contributed by atoms with E-state index >= 15 is 4.39 Å². The molecular formula is C30H34ClFN8O4. The van der Waals surface area contributed by atoms with Gasteiger partial charge in [-0.1, -0.05) is 31.5 Å². The van der Waals surface area contributed by atoms with E-state index in [1.54, 1.807) is 32.0 Å². The number of carbonyl (C=O) groups excluding carboxylic acids is 1. The normalized spacial score (nSPS) is 12.7. The number of aromatic nitrogens is 3. The van der Waals surface area contributed by atoms with Crippen molar-refractivity contribution in [3.63, 3.8) is 0 Å². The molecule has 0 fully saturated rings. The first-order valence-corrected chi connectivity index (χ1v) is 13.9. The molecule has 14 heteroatoms. The number of pyridine rings is 1. The van der Waals surface area contributed by atoms with E-state index in [2.05, 4.69) is 15.3 Å². The molecule has 0 saturated heterocycles. The van der Waals surface area contributed by atoms with Crippen molar-refractivity contribution in [2.45, 2.75) is 26.8 Å². The summed E-state index contributed by atoms with van der Waals surface area (Å²) in [5.41, 5.74) is 6.34. The number of carbonyl (C=O) groups is 1. The molecule has 0 bridgehead atoms. The fourth-order valence-corrected chi connectivity index (χ4v) is 4.49. The highest BCUT2D eigenvalue weighted by Gasteiger charge is 2.31. The number of hydrogen-bond donors (Lipinski definition) is 2. The van der Waals surface area contributed by atoms with Crippen molar-refractivity contribution < 1.29 is 18.7 Å². The molecule has 12 nitrogen and oxygen atoms in total. The molecule has 0 radical (unpaired) electrons. The number of nitrogens with two attached hydrogens (primary N) is 1. The van der Waals surface area contributed by atoms with Gasteiger partial charge in [-0.05, 0) is 36.6 Å². The first-order valence-electron chi connectivity index (χ1n) is 13.5. The van der Waals surface area contributed by atoms with Crippen molar-refractivity contribution in [2.24, 2.45) is 23.7 Å². The van der Waals surface area contributed by atoms with Crippen LogP contribution in [0, 0.1) is 23.1 Å². The van der Waals surface area contributed by atoms with Crippen LogP contribution in [0.15, 0.2) is 57.7 Å². The molecule has 2 heterocycles. The minimum Gasteiger partial charge on any atom is -0.479 e. The predicted molar refractivity (Wildman–Crippen MR) is 167 cm³/mol. The number of nitrogens with zero attached hydrogens (tertiary/aromatic N) is 6. The summed E-state index contributed by atoms with van der Waals surface area (Å²) in [7, 11) is 6.49. The number of rotatable bonds is 11. The van der Waals surface area contributed by atoms with Gasteiger partial charge in [-0.15, -0.1) is 0 Å². The lowest BCUT2D eigenvalue weighted by atomic mass is 9.87. The molecule has 0 aliphatic heterocycles. The monoisotopic (exact) mass is 624 g/mol. The van der Waals surface area contributed by atoms with Crippen molar-refractivity contribution in [3.05, 3.63) is 80.2 Å². The van der Waals surface area contributed by atoms with Crippen LogP contribution in [-0.2, 0) is 16.6 Å². The van der Waals surface area contributed by atoms with Crippen molar-refractivity contribution >= 4 is 40.6 Å². The number of esters is 1. The molecule has 1 aromatic carbocycles. The van der Waals surface area contributed by atoms with Crippen molar-refractivity contribution in [1.29, 1.82) is 5.26 Å². The van der Waals surface area contributed by atoms with Gasteiger partial charge in [0.1, 0.15) is 29.0 Å². The third-order valence-corrected chi connectivity index (χ3v) is 6.56. The minimum absolute atomic E-state index is 0.0209. The van der Waals surface area contributed by atoms with Gasteiger partial charge in [-0.2, -0.15) is 10.2 Å². The molecule has 3 rings (SSSR count). The number of aryl methyl sites for hydroxylation is 1. The first kappa shape index (κ1) is 33.5. The van der Waals surface area contributed by atoms with Crippen LogP contribution in [0.2, 0.25) is 5.02 Å². The second kappa shape index (κ2) is 14.5. The highest BCUT2D eigenvalue weighted by atomic mass is 35.5. The largest absolute Gasteiger partial charge is 0.479 e. The van der Waals surface area contributed by atoms with Crippen molar-refractivity contribution in [2.75, 3.05) is 38.0 Å². The second-order valence-electron chi connectivity index (χ2n) is 10.1. The number of methoxy groups -OCH3 is 1. The molecule has 3 N–H and O–H groups in total. The van der Waals surface area contributed by atoms with E-state index in [1.165, 1.54) is 49.3 Å². The Hall–Kier alpha value is -4.96. The highest BCUT2D eigenvalue weighted by Crippen LogP contribution is 2.35. The van der Waals surface area contributed by atoms with Gasteiger partial charge < -0.3 is 30.0 Å². The maximum Gasteiger partial charge on any atom is 0.354 e. The van der Waals surface area contributed by atoms with Gasteiger partial charge >= 0.3 is 5.97 Å². The van der Waals surface area contributed by atoms with Crippen LogP contribution in [0.4, 0.5) is 21.7 Å². The summed E-state index contributed by atoms with van der Waals surface area (Å²) in [6, 6.07) is 5.92. The number of ether oxygens (including phenoxy) is 2. The maximum atomic E-state index is 15.1. The van der Waals surface area contributed by atoms with Crippen LogP contribution in [0.3, 0.4) is 0 Å². The Bertz CT molecular complexity index is 1710. The number of benzene rings is 1. The summed E-state index contributed by atoms with van der Waals surface area (Å²) in [4.78, 5) is 41.6. The molecule has 0 spiro atoms. The molecule has 232 valence electrons. The van der Waals surface area contributed by atoms with Crippen LogP contribution < -0.4 is 26.2 Å². The minimum atomic E-state index is -1.16. The summed E-state index contributed by atoms with van der Waals surface area (Å²) in [6.45, 7) is 5.27. The fourth-order valence-electron chi connectivity index (χ4n) is 4.24. The Morgan fingerprint density at radius 1 is 1.32 bits per heavy atom. The van der Waals surface area contributed by atoms with E-state index in [0.717, 1.165) is 6.07 Å². The molecule has 0 amide bonds. The maximum absolute atomic E-state index is 15.1. The van der Waals surface area contributed by atoms with E-state index in [1.807, 2.05) is 13.8 Å². The highest BCUT2D eigenvalue weighted by molar-refractivity contribution is 6.30. The number of hydrogen-bond acceptors (Lipinski definition) is 11. The lowest BCUT2D eigenvalue weighted by molar-refractivity contribution is -0.138. The van der Waals surface area contributed by atoms with Crippen LogP contribution in [0.5, 0.6) is 5.88 Å². The van der Waals surface area contributed by atoms with E-state index < -0.39 is 29.3 Å². The number of aliphatic imine (C=N–C) groups is 1. The molecule has 0 saturated carbocycles. The summed E-state index contributed by atoms with van der Waals surface area (Å²) in [5, 5.41) is 12.7. The summed E-state index contributed by atoms with van der Waals surface area (Å²) in [6.07, 6.45) is 2.89. The summed E-state index contributed by atoms with van der Waals surface area (Å²) in [5.74, 6) is -1.57. The third-order valence-electron chi connectivity index (χ3n) is 6.35. The molecule has 3 aromatic rings. The number of halogens is 2. The molecule has 2 aromatic heterocycles. The quantitative estimate of drug-likeness (QED) is 0.179. The predicted octanol–water partition coefficient (Wildman–Crippen LogP) is 4.27. The summed E-state index contributed by atoms with van der Waals surface area (Å²) >= 11 is 6.28. The Kier molecular flexibility index (Phi) is 11.0. The smallest absolute Gasteiger partial charge is 0.354 e. The molecule has 0 aliphatic rings. The number of nitriles is 1. The van der Waals surface area contributed by atoms with Crippen LogP contribution >= 0.6 is 11.6 Å². The summed E-state index contributed by atoms with van der Waals surface area (Å²) < 4.78 is 27.1. The van der Waals surface area contributed by atoms with E-state index in [4.69, 9.17) is 31.8 Å². The Morgan fingerprint density at radius 2 is 2.02 bits per heavy atom. The lowest BCUT2D eigenvalue weighted by Gasteiger charge is -2.28. The molecular weight excluding hydrogens is 591 g/mol. The number of nitrogens with one attached hydrogen (secondary N) is 1. The van der Waals surface area contributed by atoms with E-state index in [9.17, 15) is 14.9 Å². The zero-order chi connectivity index (χ0) is 32.7. The Balaban J connectivity index is 2.44. The number of anilines is 2. The third kappa shape index (κ3) is 7.51. The Morgan fingerprint density at radius 3 is 2.59 bits per heavy atom. The standard InChI is InChI=1S/C30H34ClFN8O4/c1-8-44-29(42)24(34)23(25(16(2)3)37-22-14-35-30(39(4)5)38-27(22)43-7)26(17-9-10-18(13-33)20(32)11-17)36-21-12-19(31)15-40(6)28(21)41/h9-12,14-16,26,36H,8,34H2,1-7H3/b24-23+,37-25?. The zero-order valence-electron chi connectivity index (χ0n) is 25.5. The van der Waals surface area contributed by atoms with Crippen LogP contribution in [0.1, 0.15) is 37.9 Å². The van der Waals surface area contributed by atoms with Gasteiger partial charge in [-0.25, -0.2) is 19.2 Å². The fraction of sp³-hybridized carbons (Fsp3) is 0.333. The molecule has 44 heavy (non-hydrogen) atoms. The molecule has 1 unspecified atom stereocenters. The van der Waals surface area contributed by atoms with Gasteiger partial charge in [-0.3, -0.25) is 4.79 Å². The van der Waals surface area contributed by atoms with Gasteiger partial charge in [0.15, 0.2) is 0 Å². The van der Waals surface area contributed by atoms with Crippen molar-refractivity contribution in [1.82, 2.24) is 14.5 Å². The Labute approximate surface area is 259 Å². The lowest BCUT2D eigenvalue weighted by Crippen LogP contribution is -2.31. The van der Waals surface area contributed by atoms with Crippen LogP contribution in [0.25, 0.3) is 0 Å². The first-order chi connectivity index (χ1) is 20.8. The SMILES string of the molecule is CCOC(=O)/C(N)=C(/C(=Nc1cnc(N(C)C)nc1OC)C(C)C)C(Nc1cc(Cl)cn(C)c1=O)c1ccc(C#N)c(F)c1. The van der Waals surface area contributed by atoms with Gasteiger partial charge in [0.2, 0.25) is 11.8 Å². The van der Waals surface area contributed by atoms with Gasteiger partial charge in [0.25, 0.3) is 5.56 Å². The van der Waals surface area contributed by atoms with E-state index in [0.29, 0.717) is 5.95 Å². The average molecular weight is 625 g/mol. The molecule has 1 atom stereocenters.